The van der Waals surface area contributed by atoms with E-state index in [1.54, 1.807) is 29.2 Å². The Balaban J connectivity index is 1.95. The van der Waals surface area contributed by atoms with Gasteiger partial charge in [0.05, 0.1) is 6.54 Å². The van der Waals surface area contributed by atoms with Gasteiger partial charge in [0.1, 0.15) is 18.4 Å². The highest BCUT2D eigenvalue weighted by atomic mass is 16.5. The highest BCUT2D eigenvalue weighted by Gasteiger charge is 2.21. The molecule has 1 heterocycles. The van der Waals surface area contributed by atoms with Crippen LogP contribution in [0.3, 0.4) is 0 Å². The highest BCUT2D eigenvalue weighted by Crippen LogP contribution is 2.23. The molecule has 1 amide bonds. The quantitative estimate of drug-likeness (QED) is 0.802. The molecular formula is C14H18N2O4. The topological polar surface area (TPSA) is 92.9 Å². The zero-order valence-electron chi connectivity index (χ0n) is 11.1. The molecule has 1 fully saturated rings. The minimum absolute atomic E-state index is 0.143. The van der Waals surface area contributed by atoms with Gasteiger partial charge in [-0.05, 0) is 12.5 Å². The number of hydrogen-bond donors (Lipinski definition) is 2. The molecule has 0 bridgehead atoms. The zero-order chi connectivity index (χ0) is 14.5. The minimum atomic E-state index is -1.11. The third-order valence-electron chi connectivity index (χ3n) is 3.31. The maximum Gasteiger partial charge on any atom is 0.325 e. The number of hydrogen-bond acceptors (Lipinski definition) is 4. The summed E-state index contributed by atoms with van der Waals surface area (Å²) in [7, 11) is 0. The SMILES string of the molecule is N[C@H](C(=O)O)c1ccccc1OCCN1CCCC1=O. The standard InChI is InChI=1S/C14H18N2O4/c15-13(14(18)19)10-4-1-2-5-11(10)20-9-8-16-7-3-6-12(16)17/h1-2,4-5,13H,3,6-9,15H2,(H,18,19)/t13-/m0/s1. The van der Waals surface area contributed by atoms with E-state index in [0.29, 0.717) is 30.9 Å². The first-order chi connectivity index (χ1) is 9.59. The van der Waals surface area contributed by atoms with Crippen LogP contribution in [0.5, 0.6) is 5.75 Å². The lowest BCUT2D eigenvalue weighted by molar-refractivity contribution is -0.138. The van der Waals surface area contributed by atoms with Gasteiger partial charge >= 0.3 is 5.97 Å². The molecule has 0 spiro atoms. The number of nitrogens with two attached hydrogens (primary N) is 1. The summed E-state index contributed by atoms with van der Waals surface area (Å²) < 4.78 is 5.58. The van der Waals surface area contributed by atoms with E-state index >= 15 is 0 Å². The van der Waals surface area contributed by atoms with Gasteiger partial charge in [-0.2, -0.15) is 0 Å². The van der Waals surface area contributed by atoms with E-state index in [4.69, 9.17) is 15.6 Å². The van der Waals surface area contributed by atoms with E-state index in [9.17, 15) is 9.59 Å². The molecule has 0 radical (unpaired) electrons. The molecule has 1 saturated heterocycles. The van der Waals surface area contributed by atoms with E-state index in [2.05, 4.69) is 0 Å². The fourth-order valence-corrected chi connectivity index (χ4v) is 2.21. The molecule has 0 unspecified atom stereocenters. The first kappa shape index (κ1) is 14.3. The highest BCUT2D eigenvalue weighted by molar-refractivity contribution is 5.78. The third-order valence-corrected chi connectivity index (χ3v) is 3.31. The lowest BCUT2D eigenvalue weighted by Gasteiger charge is -2.18. The molecule has 3 N–H and O–H groups in total. The number of ether oxygens (including phenoxy) is 1. The van der Waals surface area contributed by atoms with Gasteiger partial charge in [-0.3, -0.25) is 9.59 Å². The van der Waals surface area contributed by atoms with Crippen molar-refractivity contribution < 1.29 is 19.4 Å². The third kappa shape index (κ3) is 3.27. The molecule has 6 nitrogen and oxygen atoms in total. The van der Waals surface area contributed by atoms with Crippen molar-refractivity contribution in [2.45, 2.75) is 18.9 Å². The number of nitrogens with zero attached hydrogens (tertiary/aromatic N) is 1. The summed E-state index contributed by atoms with van der Waals surface area (Å²) in [5.41, 5.74) is 6.05. The predicted octanol–water partition coefficient (Wildman–Crippen LogP) is 0.772. The van der Waals surface area contributed by atoms with Crippen LogP contribution < -0.4 is 10.5 Å². The van der Waals surface area contributed by atoms with Crippen LogP contribution in [0.2, 0.25) is 0 Å². The molecule has 1 atom stereocenters. The lowest BCUT2D eigenvalue weighted by Crippen LogP contribution is -2.29. The largest absolute Gasteiger partial charge is 0.491 e. The molecule has 1 aliphatic rings. The monoisotopic (exact) mass is 278 g/mol. The van der Waals surface area contributed by atoms with Gasteiger partial charge in [0.25, 0.3) is 0 Å². The van der Waals surface area contributed by atoms with Crippen LogP contribution >= 0.6 is 0 Å². The summed E-state index contributed by atoms with van der Waals surface area (Å²) in [6, 6.07) is 5.68. The summed E-state index contributed by atoms with van der Waals surface area (Å²) in [6.07, 6.45) is 1.49. The maximum atomic E-state index is 11.5. The normalized spacial score (nSPS) is 16.2. The number of amides is 1. The molecule has 1 aromatic carbocycles. The van der Waals surface area contributed by atoms with Crippen molar-refractivity contribution in [2.24, 2.45) is 5.73 Å². The van der Waals surface area contributed by atoms with E-state index in [0.717, 1.165) is 13.0 Å². The first-order valence-electron chi connectivity index (χ1n) is 6.57. The Morgan fingerprint density at radius 1 is 1.45 bits per heavy atom. The maximum absolute atomic E-state index is 11.5. The number of rotatable bonds is 6. The number of carbonyl (C=O) groups excluding carboxylic acids is 1. The van der Waals surface area contributed by atoms with Crippen molar-refractivity contribution in [3.8, 4) is 5.75 Å². The summed E-state index contributed by atoms with van der Waals surface area (Å²) in [5, 5.41) is 8.96. The van der Waals surface area contributed by atoms with Gasteiger partial charge in [0.2, 0.25) is 5.91 Å². The van der Waals surface area contributed by atoms with Crippen LogP contribution in [-0.4, -0.2) is 41.6 Å². The molecule has 1 aliphatic heterocycles. The van der Waals surface area contributed by atoms with Crippen LogP contribution in [0.1, 0.15) is 24.4 Å². The molecule has 2 rings (SSSR count). The summed E-state index contributed by atoms with van der Waals surface area (Å²) >= 11 is 0. The van der Waals surface area contributed by atoms with Crippen molar-refractivity contribution in [1.82, 2.24) is 4.90 Å². The molecular weight excluding hydrogens is 260 g/mol. The average molecular weight is 278 g/mol. The second kappa shape index (κ2) is 6.38. The van der Waals surface area contributed by atoms with E-state index in [-0.39, 0.29) is 5.91 Å². The number of benzene rings is 1. The second-order valence-corrected chi connectivity index (χ2v) is 4.69. The summed E-state index contributed by atoms with van der Waals surface area (Å²) in [5.74, 6) is -0.506. The Bertz CT molecular complexity index is 504. The summed E-state index contributed by atoms with van der Waals surface area (Å²) in [4.78, 5) is 24.1. The predicted molar refractivity (Wildman–Crippen MR) is 72.3 cm³/mol. The van der Waals surface area contributed by atoms with Gasteiger partial charge in [-0.1, -0.05) is 18.2 Å². The van der Waals surface area contributed by atoms with Gasteiger partial charge < -0.3 is 20.5 Å². The fourth-order valence-electron chi connectivity index (χ4n) is 2.21. The Morgan fingerprint density at radius 2 is 2.20 bits per heavy atom. The van der Waals surface area contributed by atoms with Gasteiger partial charge in [0, 0.05) is 18.5 Å². The van der Waals surface area contributed by atoms with Crippen LogP contribution in [0.25, 0.3) is 0 Å². The molecule has 0 aromatic heterocycles. The van der Waals surface area contributed by atoms with Crippen molar-refractivity contribution >= 4 is 11.9 Å². The second-order valence-electron chi connectivity index (χ2n) is 4.69. The number of carboxylic acid groups (broad SMARTS) is 1. The molecule has 0 saturated carbocycles. The Morgan fingerprint density at radius 3 is 2.85 bits per heavy atom. The van der Waals surface area contributed by atoms with Crippen molar-refractivity contribution in [1.29, 1.82) is 0 Å². The molecule has 108 valence electrons. The van der Waals surface area contributed by atoms with Crippen LogP contribution in [0, 0.1) is 0 Å². The van der Waals surface area contributed by atoms with Crippen LogP contribution in [0.4, 0.5) is 0 Å². The number of aliphatic carboxylic acids is 1. The average Bonchev–Trinajstić information content (AvgIpc) is 2.84. The number of likely N-dealkylation sites (tertiary alicyclic amines) is 1. The lowest BCUT2D eigenvalue weighted by atomic mass is 10.1. The Kier molecular flexibility index (Phi) is 4.57. The first-order valence-corrected chi connectivity index (χ1v) is 6.57. The summed E-state index contributed by atoms with van der Waals surface area (Å²) in [6.45, 7) is 1.60. The van der Waals surface area contributed by atoms with Crippen LogP contribution in [-0.2, 0) is 9.59 Å². The van der Waals surface area contributed by atoms with Crippen molar-refractivity contribution in [2.75, 3.05) is 19.7 Å². The zero-order valence-corrected chi connectivity index (χ0v) is 11.1. The smallest absolute Gasteiger partial charge is 0.325 e. The van der Waals surface area contributed by atoms with Crippen molar-refractivity contribution in [3.63, 3.8) is 0 Å². The van der Waals surface area contributed by atoms with Gasteiger partial charge in [-0.25, -0.2) is 0 Å². The van der Waals surface area contributed by atoms with E-state index in [1.807, 2.05) is 0 Å². The van der Waals surface area contributed by atoms with Crippen LogP contribution in [0.15, 0.2) is 24.3 Å². The minimum Gasteiger partial charge on any atom is -0.491 e. The van der Waals surface area contributed by atoms with E-state index < -0.39 is 12.0 Å². The molecule has 6 heteroatoms. The molecule has 0 aliphatic carbocycles. The van der Waals surface area contributed by atoms with Gasteiger partial charge in [0.15, 0.2) is 0 Å². The fraction of sp³-hybridized carbons (Fsp3) is 0.429. The number of carbonyl (C=O) groups is 2. The Hall–Kier alpha value is -2.08. The molecule has 20 heavy (non-hydrogen) atoms. The van der Waals surface area contributed by atoms with Gasteiger partial charge in [-0.15, -0.1) is 0 Å². The molecule has 1 aromatic rings. The van der Waals surface area contributed by atoms with Crippen molar-refractivity contribution in [3.05, 3.63) is 29.8 Å². The Labute approximate surface area is 117 Å². The van der Waals surface area contributed by atoms with E-state index in [1.165, 1.54) is 0 Å². The number of para-hydroxylation sites is 1. The number of carboxylic acids is 1.